The predicted octanol–water partition coefficient (Wildman–Crippen LogP) is 1.31. The molecule has 3 nitrogen and oxygen atoms in total. The average molecular weight is 187 g/mol. The summed E-state index contributed by atoms with van der Waals surface area (Å²) in [7, 11) is 0. The summed E-state index contributed by atoms with van der Waals surface area (Å²) in [6.45, 7) is 0. The van der Waals surface area contributed by atoms with Crippen molar-refractivity contribution in [3.63, 3.8) is 0 Å². The first-order chi connectivity index (χ1) is 6.79. The first-order valence-electron chi connectivity index (χ1n) is 4.13. The van der Waals surface area contributed by atoms with Gasteiger partial charge in [-0.2, -0.15) is 0 Å². The number of hydrogen-bond donors (Lipinski definition) is 0. The SMILES string of the molecule is O=C([O-])c1ccccc1-c1ccco1. The smallest absolute Gasteiger partial charge is 0.134 e. The van der Waals surface area contributed by atoms with Crippen molar-refractivity contribution in [1.29, 1.82) is 0 Å². The van der Waals surface area contributed by atoms with Crippen molar-refractivity contribution in [2.45, 2.75) is 0 Å². The minimum atomic E-state index is -1.20. The molecular weight excluding hydrogens is 180 g/mol. The fourth-order valence-electron chi connectivity index (χ4n) is 1.31. The largest absolute Gasteiger partial charge is 0.545 e. The molecular formula is C11H7O3-. The number of carbonyl (C=O) groups excluding carboxylic acids is 1. The molecule has 2 rings (SSSR count). The van der Waals surface area contributed by atoms with E-state index in [9.17, 15) is 9.90 Å². The van der Waals surface area contributed by atoms with Crippen LogP contribution in [0.4, 0.5) is 0 Å². The summed E-state index contributed by atoms with van der Waals surface area (Å²) in [6, 6.07) is 10.0. The van der Waals surface area contributed by atoms with Gasteiger partial charge in [0.25, 0.3) is 0 Å². The number of aromatic carboxylic acids is 1. The lowest BCUT2D eigenvalue weighted by Crippen LogP contribution is -2.22. The Labute approximate surface area is 80.6 Å². The molecule has 0 spiro atoms. The van der Waals surface area contributed by atoms with Gasteiger partial charge in [-0.3, -0.25) is 0 Å². The second-order valence-electron chi connectivity index (χ2n) is 2.81. The third kappa shape index (κ3) is 1.40. The van der Waals surface area contributed by atoms with Gasteiger partial charge < -0.3 is 14.3 Å². The van der Waals surface area contributed by atoms with E-state index in [1.54, 1.807) is 30.3 Å². The van der Waals surface area contributed by atoms with Crippen molar-refractivity contribution in [3.05, 3.63) is 48.2 Å². The second kappa shape index (κ2) is 3.38. The molecule has 0 radical (unpaired) electrons. The van der Waals surface area contributed by atoms with Crippen molar-refractivity contribution >= 4 is 5.97 Å². The number of benzene rings is 1. The van der Waals surface area contributed by atoms with Crippen LogP contribution < -0.4 is 5.11 Å². The molecule has 0 aliphatic carbocycles. The minimum Gasteiger partial charge on any atom is -0.545 e. The third-order valence-electron chi connectivity index (χ3n) is 1.93. The van der Waals surface area contributed by atoms with Gasteiger partial charge in [0.2, 0.25) is 0 Å². The fraction of sp³-hybridized carbons (Fsp3) is 0. The lowest BCUT2D eigenvalue weighted by atomic mass is 10.1. The zero-order chi connectivity index (χ0) is 9.97. The van der Waals surface area contributed by atoms with Crippen LogP contribution in [0.25, 0.3) is 11.3 Å². The van der Waals surface area contributed by atoms with Gasteiger partial charge in [0.15, 0.2) is 0 Å². The van der Waals surface area contributed by atoms with Crippen molar-refractivity contribution in [2.24, 2.45) is 0 Å². The Hall–Kier alpha value is -2.03. The topological polar surface area (TPSA) is 53.3 Å². The van der Waals surface area contributed by atoms with Crippen molar-refractivity contribution in [3.8, 4) is 11.3 Å². The molecule has 0 saturated carbocycles. The predicted molar refractivity (Wildman–Crippen MR) is 48.5 cm³/mol. The van der Waals surface area contributed by atoms with Gasteiger partial charge in [-0.05, 0) is 12.1 Å². The molecule has 1 aromatic carbocycles. The highest BCUT2D eigenvalue weighted by atomic mass is 16.4. The normalized spacial score (nSPS) is 10.0. The van der Waals surface area contributed by atoms with E-state index >= 15 is 0 Å². The highest BCUT2D eigenvalue weighted by Crippen LogP contribution is 2.23. The molecule has 0 atom stereocenters. The van der Waals surface area contributed by atoms with Gasteiger partial charge in [-0.1, -0.05) is 24.3 Å². The first-order valence-corrected chi connectivity index (χ1v) is 4.13. The number of carboxylic acid groups (broad SMARTS) is 1. The van der Waals surface area contributed by atoms with E-state index in [1.165, 1.54) is 12.3 Å². The number of carboxylic acids is 1. The maximum atomic E-state index is 10.8. The van der Waals surface area contributed by atoms with Gasteiger partial charge in [0.05, 0.1) is 12.2 Å². The Bertz CT molecular complexity index is 443. The van der Waals surface area contributed by atoms with Gasteiger partial charge in [-0.25, -0.2) is 0 Å². The van der Waals surface area contributed by atoms with Gasteiger partial charge in [0.1, 0.15) is 5.76 Å². The van der Waals surface area contributed by atoms with Gasteiger partial charge >= 0.3 is 0 Å². The summed E-state index contributed by atoms with van der Waals surface area (Å²) in [5.74, 6) is -0.665. The van der Waals surface area contributed by atoms with Crippen LogP contribution in [0.1, 0.15) is 10.4 Å². The number of rotatable bonds is 2. The molecule has 0 unspecified atom stereocenters. The summed E-state index contributed by atoms with van der Waals surface area (Å²) in [5.41, 5.74) is 0.681. The fourth-order valence-corrected chi connectivity index (χ4v) is 1.31. The minimum absolute atomic E-state index is 0.141. The Balaban J connectivity index is 2.58. The van der Waals surface area contributed by atoms with Crippen molar-refractivity contribution < 1.29 is 14.3 Å². The van der Waals surface area contributed by atoms with E-state index in [0.717, 1.165) is 0 Å². The summed E-state index contributed by atoms with van der Waals surface area (Å²) in [5, 5.41) is 10.8. The molecule has 0 N–H and O–H groups in total. The molecule has 0 bridgehead atoms. The van der Waals surface area contributed by atoms with E-state index in [4.69, 9.17) is 4.42 Å². The molecule has 0 aliphatic heterocycles. The zero-order valence-corrected chi connectivity index (χ0v) is 7.27. The standard InChI is InChI=1S/C11H8O3/c12-11(13)9-5-2-1-4-8(9)10-6-3-7-14-10/h1-7H,(H,12,13)/p-1. The maximum Gasteiger partial charge on any atom is 0.134 e. The molecule has 70 valence electrons. The number of hydrogen-bond acceptors (Lipinski definition) is 3. The lowest BCUT2D eigenvalue weighted by molar-refractivity contribution is -0.254. The molecule has 3 heteroatoms. The highest BCUT2D eigenvalue weighted by Gasteiger charge is 2.06. The van der Waals surface area contributed by atoms with Crippen molar-refractivity contribution in [2.75, 3.05) is 0 Å². The van der Waals surface area contributed by atoms with E-state index in [1.807, 2.05) is 0 Å². The van der Waals surface area contributed by atoms with Crippen molar-refractivity contribution in [1.82, 2.24) is 0 Å². The third-order valence-corrected chi connectivity index (χ3v) is 1.93. The highest BCUT2D eigenvalue weighted by molar-refractivity contribution is 5.93. The molecule has 1 heterocycles. The van der Waals surface area contributed by atoms with Crippen LogP contribution in [0.5, 0.6) is 0 Å². The Morgan fingerprint density at radius 1 is 1.14 bits per heavy atom. The Morgan fingerprint density at radius 2 is 1.93 bits per heavy atom. The van der Waals surface area contributed by atoms with Crippen LogP contribution in [0, 0.1) is 0 Å². The summed E-state index contributed by atoms with van der Waals surface area (Å²) >= 11 is 0. The van der Waals surface area contributed by atoms with E-state index < -0.39 is 5.97 Å². The molecule has 1 aromatic heterocycles. The zero-order valence-electron chi connectivity index (χ0n) is 7.27. The van der Waals surface area contributed by atoms with E-state index in [2.05, 4.69) is 0 Å². The van der Waals surface area contributed by atoms with Crippen LogP contribution in [0.3, 0.4) is 0 Å². The molecule has 2 aromatic rings. The van der Waals surface area contributed by atoms with Gasteiger partial charge in [0, 0.05) is 11.1 Å². The van der Waals surface area contributed by atoms with E-state index in [0.29, 0.717) is 11.3 Å². The van der Waals surface area contributed by atoms with Crippen LogP contribution in [-0.4, -0.2) is 5.97 Å². The second-order valence-corrected chi connectivity index (χ2v) is 2.81. The summed E-state index contributed by atoms with van der Waals surface area (Å²) < 4.78 is 5.12. The lowest BCUT2D eigenvalue weighted by Gasteiger charge is -2.06. The summed E-state index contributed by atoms with van der Waals surface area (Å²) in [6.07, 6.45) is 1.50. The Morgan fingerprint density at radius 3 is 2.57 bits per heavy atom. The number of carbonyl (C=O) groups is 1. The maximum absolute atomic E-state index is 10.8. The molecule has 0 saturated heterocycles. The molecule has 0 aliphatic rings. The summed E-state index contributed by atoms with van der Waals surface area (Å²) in [4.78, 5) is 10.8. The van der Waals surface area contributed by atoms with Gasteiger partial charge in [-0.15, -0.1) is 0 Å². The van der Waals surface area contributed by atoms with Crippen LogP contribution in [0.2, 0.25) is 0 Å². The quantitative estimate of drug-likeness (QED) is 0.712. The Kier molecular flexibility index (Phi) is 2.07. The number of furan rings is 1. The van der Waals surface area contributed by atoms with Crippen LogP contribution in [0.15, 0.2) is 47.1 Å². The monoisotopic (exact) mass is 187 g/mol. The average Bonchev–Trinajstić information content (AvgIpc) is 2.70. The van der Waals surface area contributed by atoms with Crippen LogP contribution in [-0.2, 0) is 0 Å². The molecule has 14 heavy (non-hydrogen) atoms. The van der Waals surface area contributed by atoms with Crippen LogP contribution >= 0.6 is 0 Å². The first kappa shape index (κ1) is 8.56. The van der Waals surface area contributed by atoms with E-state index in [-0.39, 0.29) is 5.56 Å². The molecule has 0 fully saturated rings. The molecule has 0 amide bonds.